The number of ether oxygens (including phenoxy) is 2. The third-order valence-corrected chi connectivity index (χ3v) is 5.06. The van der Waals surface area contributed by atoms with Gasteiger partial charge in [-0.3, -0.25) is 4.79 Å². The lowest BCUT2D eigenvalue weighted by Gasteiger charge is -2.12. The highest BCUT2D eigenvalue weighted by Crippen LogP contribution is 2.32. The van der Waals surface area contributed by atoms with Crippen molar-refractivity contribution in [3.05, 3.63) is 89.7 Å². The Labute approximate surface area is 185 Å². The molecule has 32 heavy (non-hydrogen) atoms. The minimum atomic E-state index is -0.307. The molecule has 0 radical (unpaired) electrons. The van der Waals surface area contributed by atoms with Gasteiger partial charge in [-0.2, -0.15) is 0 Å². The third kappa shape index (κ3) is 4.70. The molecule has 0 atom stereocenters. The fraction of sp³-hybridized carbons (Fsp3) is 0.154. The summed E-state index contributed by atoms with van der Waals surface area (Å²) in [5, 5.41) is 3.62. The van der Waals surface area contributed by atoms with Gasteiger partial charge in [0, 0.05) is 29.1 Å². The second-order valence-corrected chi connectivity index (χ2v) is 7.21. The van der Waals surface area contributed by atoms with Gasteiger partial charge in [0.1, 0.15) is 17.3 Å². The number of methoxy groups -OCH3 is 1. The number of amides is 1. The van der Waals surface area contributed by atoms with E-state index in [-0.39, 0.29) is 11.7 Å². The smallest absolute Gasteiger partial charge is 0.251 e. The van der Waals surface area contributed by atoms with Crippen LogP contribution in [-0.2, 0) is 6.54 Å². The lowest BCUT2D eigenvalue weighted by molar-refractivity contribution is 0.0951. The molecule has 0 unspecified atom stereocenters. The van der Waals surface area contributed by atoms with E-state index in [9.17, 15) is 9.18 Å². The predicted octanol–water partition coefficient (Wildman–Crippen LogP) is 5.38. The summed E-state index contributed by atoms with van der Waals surface area (Å²) in [6, 6.07) is 20.9. The van der Waals surface area contributed by atoms with Crippen LogP contribution in [-0.4, -0.2) is 24.6 Å². The fourth-order valence-electron chi connectivity index (χ4n) is 3.43. The van der Waals surface area contributed by atoms with Crippen molar-refractivity contribution < 1.29 is 18.7 Å². The van der Waals surface area contributed by atoms with E-state index < -0.39 is 0 Å². The molecular weight excluding hydrogens is 407 g/mol. The lowest BCUT2D eigenvalue weighted by atomic mass is 10.1. The number of nitrogens with zero attached hydrogens (tertiary/aromatic N) is 1. The summed E-state index contributed by atoms with van der Waals surface area (Å²) >= 11 is 0. The molecule has 0 fully saturated rings. The number of benzene rings is 3. The maximum atomic E-state index is 13.1. The summed E-state index contributed by atoms with van der Waals surface area (Å²) in [6.07, 6.45) is 0. The van der Waals surface area contributed by atoms with Crippen LogP contribution in [0.2, 0.25) is 0 Å². The van der Waals surface area contributed by atoms with E-state index in [1.54, 1.807) is 31.4 Å². The molecule has 5 nitrogen and oxygen atoms in total. The Hall–Kier alpha value is -3.93. The first-order chi connectivity index (χ1) is 15.6. The van der Waals surface area contributed by atoms with E-state index in [0.29, 0.717) is 24.5 Å². The van der Waals surface area contributed by atoms with E-state index in [1.165, 1.54) is 12.1 Å². The molecule has 0 bridgehead atoms. The first-order valence-corrected chi connectivity index (χ1v) is 10.3. The number of halogens is 1. The van der Waals surface area contributed by atoms with Gasteiger partial charge in [0.2, 0.25) is 0 Å². The van der Waals surface area contributed by atoms with Crippen LogP contribution in [0, 0.1) is 5.82 Å². The van der Waals surface area contributed by atoms with Crippen molar-refractivity contribution in [2.24, 2.45) is 0 Å². The summed E-state index contributed by atoms with van der Waals surface area (Å²) in [6.45, 7) is 2.71. The number of fused-ring (bicyclic) bond motifs is 1. The molecule has 1 aromatic heterocycles. The number of aromatic nitrogens is 1. The highest BCUT2D eigenvalue weighted by molar-refractivity contribution is 5.99. The Bertz CT molecular complexity index is 1260. The zero-order valence-electron chi connectivity index (χ0n) is 17.9. The van der Waals surface area contributed by atoms with Crippen molar-refractivity contribution in [1.29, 1.82) is 0 Å². The van der Waals surface area contributed by atoms with Crippen LogP contribution >= 0.6 is 0 Å². The summed E-state index contributed by atoms with van der Waals surface area (Å²) in [5.74, 6) is 0.869. The molecule has 0 saturated carbocycles. The number of carbonyl (C=O) groups is 1. The van der Waals surface area contributed by atoms with Crippen LogP contribution in [0.3, 0.4) is 0 Å². The first kappa shape index (κ1) is 21.3. The Morgan fingerprint density at radius 3 is 2.59 bits per heavy atom. The van der Waals surface area contributed by atoms with Gasteiger partial charge in [-0.05, 0) is 55.0 Å². The zero-order valence-corrected chi connectivity index (χ0v) is 17.9. The summed E-state index contributed by atoms with van der Waals surface area (Å²) in [5.41, 5.74) is 3.71. The predicted molar refractivity (Wildman–Crippen MR) is 122 cm³/mol. The fourth-order valence-corrected chi connectivity index (χ4v) is 3.43. The van der Waals surface area contributed by atoms with Crippen molar-refractivity contribution in [3.8, 4) is 22.8 Å². The van der Waals surface area contributed by atoms with Crippen molar-refractivity contribution in [2.75, 3.05) is 13.7 Å². The maximum absolute atomic E-state index is 13.1. The SMILES string of the molecule is CCOc1cc(-c2cccc(OC)c2)nc2ccc(C(=O)NCc3ccc(F)cc3)cc12. The van der Waals surface area contributed by atoms with E-state index in [4.69, 9.17) is 14.5 Å². The number of hydrogen-bond acceptors (Lipinski definition) is 4. The van der Waals surface area contributed by atoms with Crippen molar-refractivity contribution in [3.63, 3.8) is 0 Å². The minimum Gasteiger partial charge on any atom is -0.497 e. The van der Waals surface area contributed by atoms with Crippen molar-refractivity contribution in [2.45, 2.75) is 13.5 Å². The van der Waals surface area contributed by atoms with Gasteiger partial charge in [0.05, 0.1) is 24.9 Å². The molecule has 4 rings (SSSR count). The first-order valence-electron chi connectivity index (χ1n) is 10.3. The standard InChI is InChI=1S/C26H23FN2O3/c1-3-32-25-15-24(18-5-4-6-21(13-18)31-2)29-23-12-9-19(14-22(23)25)26(30)28-16-17-7-10-20(27)11-8-17/h4-15H,3,16H2,1-2H3,(H,28,30). The Kier molecular flexibility index (Phi) is 6.31. The number of pyridine rings is 1. The van der Waals surface area contributed by atoms with Gasteiger partial charge in [-0.25, -0.2) is 9.37 Å². The van der Waals surface area contributed by atoms with Crippen LogP contribution in [0.1, 0.15) is 22.8 Å². The molecule has 0 saturated heterocycles. The molecule has 0 aliphatic rings. The number of rotatable bonds is 7. The van der Waals surface area contributed by atoms with Gasteiger partial charge in [-0.15, -0.1) is 0 Å². The van der Waals surface area contributed by atoms with Crippen LogP contribution < -0.4 is 14.8 Å². The molecule has 1 N–H and O–H groups in total. The van der Waals surface area contributed by atoms with E-state index in [2.05, 4.69) is 5.32 Å². The second-order valence-electron chi connectivity index (χ2n) is 7.21. The van der Waals surface area contributed by atoms with Crippen LogP contribution in [0.25, 0.3) is 22.2 Å². The van der Waals surface area contributed by atoms with Gasteiger partial charge in [0.25, 0.3) is 5.91 Å². The van der Waals surface area contributed by atoms with Gasteiger partial charge in [-0.1, -0.05) is 24.3 Å². The Morgan fingerprint density at radius 1 is 1.03 bits per heavy atom. The molecule has 0 spiro atoms. The van der Waals surface area contributed by atoms with Gasteiger partial charge < -0.3 is 14.8 Å². The van der Waals surface area contributed by atoms with E-state index in [1.807, 2.05) is 43.3 Å². The van der Waals surface area contributed by atoms with Crippen molar-refractivity contribution >= 4 is 16.8 Å². The molecule has 0 aliphatic heterocycles. The number of carbonyl (C=O) groups excluding carboxylic acids is 1. The van der Waals surface area contributed by atoms with Crippen LogP contribution in [0.15, 0.2) is 72.8 Å². The minimum absolute atomic E-state index is 0.226. The number of nitrogens with one attached hydrogen (secondary N) is 1. The molecule has 1 amide bonds. The van der Waals surface area contributed by atoms with E-state index >= 15 is 0 Å². The highest BCUT2D eigenvalue weighted by atomic mass is 19.1. The largest absolute Gasteiger partial charge is 0.497 e. The molecular formula is C26H23FN2O3. The Balaban J connectivity index is 1.64. The molecule has 0 aliphatic carbocycles. The topological polar surface area (TPSA) is 60.5 Å². The van der Waals surface area contributed by atoms with Gasteiger partial charge >= 0.3 is 0 Å². The molecule has 3 aromatic carbocycles. The Morgan fingerprint density at radius 2 is 1.84 bits per heavy atom. The summed E-state index contributed by atoms with van der Waals surface area (Å²) in [7, 11) is 1.63. The quantitative estimate of drug-likeness (QED) is 0.428. The van der Waals surface area contributed by atoms with Crippen molar-refractivity contribution in [1.82, 2.24) is 10.3 Å². The van der Waals surface area contributed by atoms with Crippen LogP contribution in [0.5, 0.6) is 11.5 Å². The molecule has 4 aromatic rings. The monoisotopic (exact) mass is 430 g/mol. The molecule has 162 valence electrons. The lowest BCUT2D eigenvalue weighted by Crippen LogP contribution is -2.22. The normalized spacial score (nSPS) is 10.7. The van der Waals surface area contributed by atoms with E-state index in [0.717, 1.165) is 33.5 Å². The van der Waals surface area contributed by atoms with Gasteiger partial charge in [0.15, 0.2) is 0 Å². The average Bonchev–Trinajstić information content (AvgIpc) is 2.83. The highest BCUT2D eigenvalue weighted by Gasteiger charge is 2.13. The maximum Gasteiger partial charge on any atom is 0.251 e. The molecule has 1 heterocycles. The zero-order chi connectivity index (χ0) is 22.5. The summed E-state index contributed by atoms with van der Waals surface area (Å²) in [4.78, 5) is 17.5. The third-order valence-electron chi connectivity index (χ3n) is 5.06. The average molecular weight is 430 g/mol. The molecule has 6 heteroatoms. The van der Waals surface area contributed by atoms with Crippen LogP contribution in [0.4, 0.5) is 4.39 Å². The second kappa shape index (κ2) is 9.47. The summed E-state index contributed by atoms with van der Waals surface area (Å²) < 4.78 is 24.3. The number of hydrogen-bond donors (Lipinski definition) is 1.